The zero-order valence-corrected chi connectivity index (χ0v) is 20.9. The van der Waals surface area contributed by atoms with Gasteiger partial charge < -0.3 is 5.11 Å². The Balaban J connectivity index is 1.86. The summed E-state index contributed by atoms with van der Waals surface area (Å²) in [4.78, 5) is 4.69. The second-order valence-electron chi connectivity index (χ2n) is 8.47. The van der Waals surface area contributed by atoms with Gasteiger partial charge in [0.15, 0.2) is 9.84 Å². The van der Waals surface area contributed by atoms with E-state index in [0.29, 0.717) is 27.5 Å². The average Bonchev–Trinajstić information content (AvgIpc) is 3.18. The second kappa shape index (κ2) is 8.82. The number of imidazole rings is 1. The number of hydrogen-bond donors (Lipinski definition) is 1. The van der Waals surface area contributed by atoms with Crippen LogP contribution in [0.2, 0.25) is 10.0 Å². The van der Waals surface area contributed by atoms with Gasteiger partial charge in [-0.1, -0.05) is 41.4 Å². The first-order chi connectivity index (χ1) is 15.8. The van der Waals surface area contributed by atoms with Gasteiger partial charge in [0.2, 0.25) is 0 Å². The van der Waals surface area contributed by atoms with Crippen LogP contribution in [0.3, 0.4) is 0 Å². The predicted octanol–water partition coefficient (Wildman–Crippen LogP) is 6.28. The summed E-state index contributed by atoms with van der Waals surface area (Å²) >= 11 is 12.6. The van der Waals surface area contributed by atoms with Gasteiger partial charge in [0.05, 0.1) is 26.9 Å². The third kappa shape index (κ3) is 4.88. The standard InChI is InChI=1S/C25H21Cl2FN2O3S/c1-25(2,31)23-14-30(24(29-23)19-9-8-17(26)13-21(19)28)22-10-7-16(12-20(22)27)15-5-4-6-18(11-15)34(3,32)33/h4-14,31H,1-3H3. The van der Waals surface area contributed by atoms with Crippen molar-refractivity contribution in [3.05, 3.63) is 88.4 Å². The molecular formula is C25H21Cl2FN2O3S. The molecule has 0 aliphatic rings. The minimum absolute atomic E-state index is 0.195. The monoisotopic (exact) mass is 518 g/mol. The lowest BCUT2D eigenvalue weighted by Crippen LogP contribution is -2.15. The van der Waals surface area contributed by atoms with Crippen LogP contribution in [0.5, 0.6) is 0 Å². The van der Waals surface area contributed by atoms with E-state index in [4.69, 9.17) is 23.2 Å². The number of aromatic nitrogens is 2. The zero-order chi connectivity index (χ0) is 24.8. The lowest BCUT2D eigenvalue weighted by atomic mass is 10.1. The van der Waals surface area contributed by atoms with E-state index in [9.17, 15) is 17.9 Å². The highest BCUT2D eigenvalue weighted by Gasteiger charge is 2.25. The summed E-state index contributed by atoms with van der Waals surface area (Å²) in [5.74, 6) is -0.313. The van der Waals surface area contributed by atoms with Gasteiger partial charge in [-0.05, 0) is 67.4 Å². The smallest absolute Gasteiger partial charge is 0.175 e. The Morgan fingerprint density at radius 2 is 1.71 bits per heavy atom. The third-order valence-electron chi connectivity index (χ3n) is 5.31. The molecule has 0 saturated carbocycles. The quantitative estimate of drug-likeness (QED) is 0.337. The van der Waals surface area contributed by atoms with Crippen molar-refractivity contribution in [2.75, 3.05) is 6.26 Å². The van der Waals surface area contributed by atoms with Gasteiger partial charge in [0.25, 0.3) is 0 Å². The molecule has 1 heterocycles. The summed E-state index contributed by atoms with van der Waals surface area (Å²) in [6.45, 7) is 3.17. The second-order valence-corrected chi connectivity index (χ2v) is 11.3. The molecule has 1 N–H and O–H groups in total. The molecule has 0 radical (unpaired) electrons. The van der Waals surface area contributed by atoms with E-state index in [0.717, 1.165) is 6.26 Å². The van der Waals surface area contributed by atoms with Crippen molar-refractivity contribution in [3.8, 4) is 28.2 Å². The number of halogens is 3. The summed E-state index contributed by atoms with van der Waals surface area (Å²) in [6.07, 6.45) is 2.76. The van der Waals surface area contributed by atoms with Crippen LogP contribution in [0.15, 0.2) is 71.8 Å². The van der Waals surface area contributed by atoms with Crippen molar-refractivity contribution in [1.29, 1.82) is 0 Å². The van der Waals surface area contributed by atoms with E-state index in [2.05, 4.69) is 4.98 Å². The Hall–Kier alpha value is -2.71. The van der Waals surface area contributed by atoms with Crippen LogP contribution in [-0.2, 0) is 15.4 Å². The Morgan fingerprint density at radius 1 is 1.00 bits per heavy atom. The number of sulfone groups is 1. The molecule has 0 bridgehead atoms. The fourth-order valence-electron chi connectivity index (χ4n) is 3.51. The fraction of sp³-hybridized carbons (Fsp3) is 0.160. The van der Waals surface area contributed by atoms with Crippen LogP contribution in [-0.4, -0.2) is 29.3 Å². The average molecular weight is 519 g/mol. The van der Waals surface area contributed by atoms with Gasteiger partial charge in [-0.15, -0.1) is 0 Å². The molecule has 4 aromatic rings. The molecule has 0 spiro atoms. The molecule has 0 saturated heterocycles. The highest BCUT2D eigenvalue weighted by atomic mass is 35.5. The first-order valence-electron chi connectivity index (χ1n) is 10.2. The van der Waals surface area contributed by atoms with Gasteiger partial charge in [-0.25, -0.2) is 17.8 Å². The lowest BCUT2D eigenvalue weighted by Gasteiger charge is -2.13. The minimum atomic E-state index is -3.36. The number of rotatable bonds is 5. The molecule has 0 atom stereocenters. The van der Waals surface area contributed by atoms with E-state index in [1.807, 2.05) is 0 Å². The normalized spacial score (nSPS) is 12.2. The third-order valence-corrected chi connectivity index (χ3v) is 6.96. The van der Waals surface area contributed by atoms with Crippen LogP contribution in [0.1, 0.15) is 19.5 Å². The van der Waals surface area contributed by atoms with Gasteiger partial charge in [-0.3, -0.25) is 4.57 Å². The maximum Gasteiger partial charge on any atom is 0.175 e. The Kier molecular flexibility index (Phi) is 6.33. The maximum atomic E-state index is 14.8. The van der Waals surface area contributed by atoms with Gasteiger partial charge >= 0.3 is 0 Å². The van der Waals surface area contributed by atoms with Gasteiger partial charge in [0, 0.05) is 17.5 Å². The summed E-state index contributed by atoms with van der Waals surface area (Å²) < 4.78 is 40.2. The van der Waals surface area contributed by atoms with Crippen molar-refractivity contribution in [3.63, 3.8) is 0 Å². The van der Waals surface area contributed by atoms with E-state index in [1.54, 1.807) is 67.1 Å². The first kappa shape index (κ1) is 24.4. The van der Waals surface area contributed by atoms with Crippen LogP contribution in [0.4, 0.5) is 4.39 Å². The molecule has 9 heteroatoms. The van der Waals surface area contributed by atoms with Crippen LogP contribution < -0.4 is 0 Å². The zero-order valence-electron chi connectivity index (χ0n) is 18.6. The molecule has 5 nitrogen and oxygen atoms in total. The molecule has 0 aliphatic carbocycles. The van der Waals surface area contributed by atoms with Crippen molar-refractivity contribution in [2.45, 2.75) is 24.3 Å². The first-order valence-corrected chi connectivity index (χ1v) is 12.9. The molecular weight excluding hydrogens is 498 g/mol. The predicted molar refractivity (Wildman–Crippen MR) is 133 cm³/mol. The van der Waals surface area contributed by atoms with Crippen LogP contribution in [0.25, 0.3) is 28.2 Å². The summed E-state index contributed by atoms with van der Waals surface area (Å²) in [5, 5.41) is 11.1. The van der Waals surface area contributed by atoms with Crippen LogP contribution >= 0.6 is 23.2 Å². The van der Waals surface area contributed by atoms with E-state index in [1.165, 1.54) is 18.2 Å². The molecule has 176 valence electrons. The maximum absolute atomic E-state index is 14.8. The van der Waals surface area contributed by atoms with Crippen molar-refractivity contribution < 1.29 is 17.9 Å². The molecule has 3 aromatic carbocycles. The SMILES string of the molecule is CC(C)(O)c1cn(-c2ccc(-c3cccc(S(C)(=O)=O)c3)cc2Cl)c(-c2ccc(Cl)cc2F)n1. The largest absolute Gasteiger partial charge is 0.384 e. The summed E-state index contributed by atoms with van der Waals surface area (Å²) in [7, 11) is -3.36. The van der Waals surface area contributed by atoms with E-state index in [-0.39, 0.29) is 21.3 Å². The number of hydrogen-bond acceptors (Lipinski definition) is 4. The number of nitrogens with zero attached hydrogens (tertiary/aromatic N) is 2. The fourth-order valence-corrected chi connectivity index (χ4v) is 4.60. The van der Waals surface area contributed by atoms with E-state index < -0.39 is 21.3 Å². The summed E-state index contributed by atoms with van der Waals surface area (Å²) in [6, 6.07) is 16.1. The number of aliphatic hydroxyl groups is 1. The molecule has 0 unspecified atom stereocenters. The number of benzene rings is 3. The molecule has 0 aliphatic heterocycles. The van der Waals surface area contributed by atoms with Crippen molar-refractivity contribution in [1.82, 2.24) is 9.55 Å². The summed E-state index contributed by atoms with van der Waals surface area (Å²) in [5.41, 5.74) is 1.15. The molecule has 34 heavy (non-hydrogen) atoms. The molecule has 0 amide bonds. The van der Waals surface area contributed by atoms with Crippen molar-refractivity contribution in [2.24, 2.45) is 0 Å². The topological polar surface area (TPSA) is 72.2 Å². The van der Waals surface area contributed by atoms with Crippen LogP contribution in [0, 0.1) is 5.82 Å². The Morgan fingerprint density at radius 3 is 2.32 bits per heavy atom. The Bertz CT molecular complexity index is 1510. The molecule has 0 fully saturated rings. The van der Waals surface area contributed by atoms with Gasteiger partial charge in [-0.2, -0.15) is 0 Å². The minimum Gasteiger partial charge on any atom is -0.384 e. The molecule has 1 aromatic heterocycles. The lowest BCUT2D eigenvalue weighted by molar-refractivity contribution is 0.0743. The highest BCUT2D eigenvalue weighted by molar-refractivity contribution is 7.90. The highest BCUT2D eigenvalue weighted by Crippen LogP contribution is 2.35. The van der Waals surface area contributed by atoms with Gasteiger partial charge in [0.1, 0.15) is 17.2 Å². The van der Waals surface area contributed by atoms with Crippen molar-refractivity contribution >= 4 is 33.0 Å². The molecule has 4 rings (SSSR count). The Labute approximate surface area is 207 Å². The van der Waals surface area contributed by atoms with E-state index >= 15 is 0 Å².